The quantitative estimate of drug-likeness (QED) is 0.596. The molecule has 0 aliphatic carbocycles. The van der Waals surface area contributed by atoms with Crippen molar-refractivity contribution in [3.63, 3.8) is 0 Å². The van der Waals surface area contributed by atoms with Crippen LogP contribution in [0.3, 0.4) is 0 Å². The van der Waals surface area contributed by atoms with Gasteiger partial charge in [-0.15, -0.1) is 0 Å². The van der Waals surface area contributed by atoms with E-state index in [-0.39, 0.29) is 25.4 Å². The van der Waals surface area contributed by atoms with Gasteiger partial charge in [0.1, 0.15) is 5.60 Å². The number of carbonyl (C=O) groups excluding carboxylic acids is 2. The van der Waals surface area contributed by atoms with E-state index in [2.05, 4.69) is 10.6 Å². The van der Waals surface area contributed by atoms with Gasteiger partial charge in [-0.25, -0.2) is 9.59 Å². The minimum Gasteiger partial charge on any atom is -0.478 e. The van der Waals surface area contributed by atoms with Crippen LogP contribution in [0.25, 0.3) is 0 Å². The lowest BCUT2D eigenvalue weighted by Gasteiger charge is -2.20. The molecule has 0 saturated heterocycles. The number of ether oxygens (including phenoxy) is 1. The Hall–Kier alpha value is -3.55. The molecule has 8 heteroatoms. The van der Waals surface area contributed by atoms with E-state index in [1.807, 2.05) is 0 Å². The first kappa shape index (κ1) is 19.8. The molecular formula is C19H25N3O5. The molecule has 2 amide bonds. The normalized spacial score (nSPS) is 10.8. The van der Waals surface area contributed by atoms with Gasteiger partial charge in [-0.3, -0.25) is 10.1 Å². The van der Waals surface area contributed by atoms with E-state index >= 15 is 0 Å². The van der Waals surface area contributed by atoms with E-state index in [0.717, 1.165) is 0 Å². The lowest BCUT2D eigenvalue weighted by Crippen LogP contribution is -2.27. The van der Waals surface area contributed by atoms with Crippen molar-refractivity contribution in [2.24, 2.45) is 0 Å². The standard InChI is InChI=1S/C19H21N3O5.2H2/c1-19(2,3)27-18(26)22-15-10-11(20)8-9-14(15)21-16(23)12-6-4-5-7-13(12)17(24)25;;/h4-10H,20H2,1-3H3,(H,21,23)(H,22,26)(H,24,25);2*1H. The second-order valence-corrected chi connectivity index (χ2v) is 6.74. The number of anilines is 3. The molecule has 0 atom stereocenters. The molecule has 0 unspecified atom stereocenters. The number of nitrogen functional groups attached to an aromatic ring is 1. The van der Waals surface area contributed by atoms with Crippen molar-refractivity contribution in [3.05, 3.63) is 53.6 Å². The fourth-order valence-corrected chi connectivity index (χ4v) is 2.25. The summed E-state index contributed by atoms with van der Waals surface area (Å²) in [5.41, 5.74) is 5.76. The summed E-state index contributed by atoms with van der Waals surface area (Å²) in [4.78, 5) is 35.9. The Kier molecular flexibility index (Phi) is 5.69. The summed E-state index contributed by atoms with van der Waals surface area (Å²) in [6.07, 6.45) is -0.713. The molecule has 0 aliphatic rings. The molecule has 2 rings (SSSR count). The van der Waals surface area contributed by atoms with Crippen molar-refractivity contribution < 1.29 is 27.1 Å². The fourth-order valence-electron chi connectivity index (χ4n) is 2.25. The Morgan fingerprint density at radius 1 is 1.00 bits per heavy atom. The van der Waals surface area contributed by atoms with Gasteiger partial charge in [-0.1, -0.05) is 12.1 Å². The second-order valence-electron chi connectivity index (χ2n) is 6.74. The summed E-state index contributed by atoms with van der Waals surface area (Å²) >= 11 is 0. The first-order valence-electron chi connectivity index (χ1n) is 8.10. The van der Waals surface area contributed by atoms with Crippen molar-refractivity contribution in [1.29, 1.82) is 0 Å². The van der Waals surface area contributed by atoms with Gasteiger partial charge in [0.15, 0.2) is 0 Å². The Bertz CT molecular complexity index is 898. The van der Waals surface area contributed by atoms with Gasteiger partial charge in [0.2, 0.25) is 0 Å². The van der Waals surface area contributed by atoms with Crippen LogP contribution in [-0.4, -0.2) is 28.7 Å². The first-order valence-corrected chi connectivity index (χ1v) is 8.10. The second kappa shape index (κ2) is 7.77. The summed E-state index contributed by atoms with van der Waals surface area (Å²) in [6.45, 7) is 5.16. The summed E-state index contributed by atoms with van der Waals surface area (Å²) in [6, 6.07) is 10.3. The number of rotatable bonds is 4. The van der Waals surface area contributed by atoms with Crippen LogP contribution in [-0.2, 0) is 4.74 Å². The van der Waals surface area contributed by atoms with Crippen molar-refractivity contribution >= 4 is 35.0 Å². The lowest BCUT2D eigenvalue weighted by molar-refractivity contribution is 0.0634. The fraction of sp³-hybridized carbons (Fsp3) is 0.211. The number of carbonyl (C=O) groups is 3. The highest BCUT2D eigenvalue weighted by atomic mass is 16.6. The first-order chi connectivity index (χ1) is 12.6. The third kappa shape index (κ3) is 5.46. The molecule has 27 heavy (non-hydrogen) atoms. The van der Waals surface area contributed by atoms with Gasteiger partial charge < -0.3 is 20.9 Å². The third-order valence-corrected chi connectivity index (χ3v) is 3.33. The maximum absolute atomic E-state index is 12.5. The molecule has 2 aromatic rings. The lowest BCUT2D eigenvalue weighted by atomic mass is 10.1. The van der Waals surface area contributed by atoms with Gasteiger partial charge in [-0.05, 0) is 51.1 Å². The SMILES string of the molecule is CC(C)(C)OC(=O)Nc1cc(N)ccc1NC(=O)c1ccccc1C(=O)O.[HH].[HH]. The number of hydrogen-bond acceptors (Lipinski definition) is 5. The van der Waals surface area contributed by atoms with Crippen molar-refractivity contribution in [3.8, 4) is 0 Å². The Morgan fingerprint density at radius 3 is 2.22 bits per heavy atom. The largest absolute Gasteiger partial charge is 0.478 e. The number of nitrogens with one attached hydrogen (secondary N) is 2. The van der Waals surface area contributed by atoms with Crippen LogP contribution >= 0.6 is 0 Å². The van der Waals surface area contributed by atoms with E-state index in [1.54, 1.807) is 32.9 Å². The van der Waals surface area contributed by atoms with Crippen LogP contribution < -0.4 is 16.4 Å². The molecule has 0 aromatic heterocycles. The van der Waals surface area contributed by atoms with E-state index < -0.39 is 23.6 Å². The van der Waals surface area contributed by atoms with Crippen LogP contribution in [0.15, 0.2) is 42.5 Å². The van der Waals surface area contributed by atoms with Crippen LogP contribution in [0.4, 0.5) is 21.9 Å². The number of amides is 2. The van der Waals surface area contributed by atoms with Gasteiger partial charge >= 0.3 is 12.1 Å². The summed E-state index contributed by atoms with van der Waals surface area (Å²) in [5, 5.41) is 14.3. The van der Waals surface area contributed by atoms with Crippen LogP contribution in [0.2, 0.25) is 0 Å². The Labute approximate surface area is 159 Å². The number of nitrogens with two attached hydrogens (primary N) is 1. The molecule has 8 nitrogen and oxygen atoms in total. The van der Waals surface area contributed by atoms with Gasteiger partial charge in [0.05, 0.1) is 22.5 Å². The van der Waals surface area contributed by atoms with E-state index in [1.165, 1.54) is 30.3 Å². The van der Waals surface area contributed by atoms with E-state index in [4.69, 9.17) is 10.5 Å². The van der Waals surface area contributed by atoms with Gasteiger partial charge in [0, 0.05) is 8.54 Å². The van der Waals surface area contributed by atoms with Crippen LogP contribution in [0.5, 0.6) is 0 Å². The maximum atomic E-state index is 12.5. The molecule has 0 aliphatic heterocycles. The molecule has 0 radical (unpaired) electrons. The summed E-state index contributed by atoms with van der Waals surface area (Å²) in [7, 11) is 0. The Morgan fingerprint density at radius 2 is 1.63 bits per heavy atom. The smallest absolute Gasteiger partial charge is 0.412 e. The molecular weight excluding hydrogens is 350 g/mol. The monoisotopic (exact) mass is 375 g/mol. The average molecular weight is 375 g/mol. The van der Waals surface area contributed by atoms with E-state index in [0.29, 0.717) is 5.69 Å². The molecule has 0 bridgehead atoms. The summed E-state index contributed by atoms with van der Waals surface area (Å²) < 4.78 is 5.20. The van der Waals surface area contributed by atoms with Crippen molar-refractivity contribution in [2.75, 3.05) is 16.4 Å². The minimum absolute atomic E-state index is 0. The predicted molar refractivity (Wildman–Crippen MR) is 106 cm³/mol. The highest BCUT2D eigenvalue weighted by Gasteiger charge is 2.20. The van der Waals surface area contributed by atoms with Crippen molar-refractivity contribution in [2.45, 2.75) is 26.4 Å². The average Bonchev–Trinajstić information content (AvgIpc) is 2.55. The zero-order valence-electron chi connectivity index (χ0n) is 15.2. The molecule has 146 valence electrons. The molecule has 0 spiro atoms. The Balaban J connectivity index is 0.00000392. The molecule has 0 heterocycles. The maximum Gasteiger partial charge on any atom is 0.412 e. The number of carboxylic acid groups (broad SMARTS) is 1. The number of benzene rings is 2. The summed E-state index contributed by atoms with van der Waals surface area (Å²) in [5.74, 6) is -1.85. The van der Waals surface area contributed by atoms with Gasteiger partial charge in [0.25, 0.3) is 5.91 Å². The molecule has 0 saturated carbocycles. The minimum atomic E-state index is -1.22. The predicted octanol–water partition coefficient (Wildman–Crippen LogP) is 4.06. The van der Waals surface area contributed by atoms with E-state index in [9.17, 15) is 19.5 Å². The molecule has 5 N–H and O–H groups in total. The molecule has 0 fully saturated rings. The van der Waals surface area contributed by atoms with Crippen LogP contribution in [0, 0.1) is 0 Å². The van der Waals surface area contributed by atoms with Gasteiger partial charge in [-0.2, -0.15) is 0 Å². The van der Waals surface area contributed by atoms with Crippen molar-refractivity contribution in [1.82, 2.24) is 0 Å². The highest BCUT2D eigenvalue weighted by Crippen LogP contribution is 2.26. The molecule has 2 aromatic carbocycles. The third-order valence-electron chi connectivity index (χ3n) is 3.33. The number of hydrogen-bond donors (Lipinski definition) is 4. The number of aromatic carboxylic acids is 1. The highest BCUT2D eigenvalue weighted by molar-refractivity contribution is 6.12. The number of carboxylic acids is 1. The zero-order valence-corrected chi connectivity index (χ0v) is 15.2. The zero-order chi connectivity index (χ0) is 20.2. The van der Waals surface area contributed by atoms with Crippen LogP contribution in [0.1, 0.15) is 44.3 Å². The topological polar surface area (TPSA) is 131 Å².